The number of hydrogen-bond acceptors (Lipinski definition) is 3. The molecule has 0 fully saturated rings. The summed E-state index contributed by atoms with van der Waals surface area (Å²) in [4.78, 5) is 13.5. The lowest BCUT2D eigenvalue weighted by atomic mass is 9.89. The molecule has 0 heterocycles. The fourth-order valence-electron chi connectivity index (χ4n) is 1.83. The molecule has 0 rings (SSSR count). The second-order valence-corrected chi connectivity index (χ2v) is 5.40. The van der Waals surface area contributed by atoms with E-state index in [-0.39, 0.29) is 11.3 Å². The minimum Gasteiger partial charge on any atom is -0.358 e. The number of nitriles is 1. The van der Waals surface area contributed by atoms with Gasteiger partial charge in [-0.1, -0.05) is 13.3 Å². The van der Waals surface area contributed by atoms with Gasteiger partial charge in [0.1, 0.15) is 0 Å². The molecule has 0 saturated heterocycles. The summed E-state index contributed by atoms with van der Waals surface area (Å²) in [5, 5.41) is 11.6. The van der Waals surface area contributed by atoms with Crippen molar-refractivity contribution in [3.05, 3.63) is 0 Å². The Balaban J connectivity index is 3.91. The van der Waals surface area contributed by atoms with E-state index >= 15 is 0 Å². The molecule has 0 bridgehead atoms. The molecule has 0 spiro atoms. The van der Waals surface area contributed by atoms with Crippen molar-refractivity contribution in [2.24, 2.45) is 5.41 Å². The number of carbonyl (C=O) groups is 1. The highest BCUT2D eigenvalue weighted by molar-refractivity contribution is 5.77. The highest BCUT2D eigenvalue weighted by atomic mass is 16.1. The van der Waals surface area contributed by atoms with E-state index in [1.165, 1.54) is 0 Å². The lowest BCUT2D eigenvalue weighted by molar-refractivity contribution is -0.121. The van der Waals surface area contributed by atoms with E-state index in [0.717, 1.165) is 38.8 Å². The van der Waals surface area contributed by atoms with E-state index in [4.69, 9.17) is 5.26 Å². The molecular formula is C14H27N3O. The number of amides is 1. The van der Waals surface area contributed by atoms with Crippen LogP contribution in [0.5, 0.6) is 0 Å². The van der Waals surface area contributed by atoms with E-state index in [2.05, 4.69) is 23.2 Å². The smallest absolute Gasteiger partial charge is 0.233 e. The third-order valence-electron chi connectivity index (χ3n) is 3.01. The molecular weight excluding hydrogens is 226 g/mol. The van der Waals surface area contributed by atoms with E-state index < -0.39 is 0 Å². The quantitative estimate of drug-likeness (QED) is 0.641. The molecule has 0 aliphatic carbocycles. The van der Waals surface area contributed by atoms with Gasteiger partial charge in [-0.2, -0.15) is 5.26 Å². The third-order valence-corrected chi connectivity index (χ3v) is 3.01. The molecule has 1 amide bonds. The topological polar surface area (TPSA) is 56.1 Å². The van der Waals surface area contributed by atoms with Gasteiger partial charge in [0, 0.05) is 7.05 Å². The Bertz CT molecular complexity index is 281. The number of carbonyl (C=O) groups excluding carboxylic acids is 1. The highest BCUT2D eigenvalue weighted by Gasteiger charge is 2.16. The summed E-state index contributed by atoms with van der Waals surface area (Å²) in [6.07, 6.45) is 4.06. The molecule has 0 aromatic carbocycles. The SMILES string of the molecule is CCCN(CCCCC(C)(C)C#N)CC(=O)NC. The van der Waals surface area contributed by atoms with Crippen LogP contribution in [-0.2, 0) is 4.79 Å². The fraction of sp³-hybridized carbons (Fsp3) is 0.857. The molecule has 0 aromatic rings. The largest absolute Gasteiger partial charge is 0.358 e. The van der Waals surface area contributed by atoms with Crippen LogP contribution in [-0.4, -0.2) is 37.5 Å². The summed E-state index contributed by atoms with van der Waals surface area (Å²) in [5.41, 5.74) is -0.226. The molecule has 0 aromatic heterocycles. The summed E-state index contributed by atoms with van der Waals surface area (Å²) >= 11 is 0. The number of likely N-dealkylation sites (N-methyl/N-ethyl adjacent to an activating group) is 1. The lowest BCUT2D eigenvalue weighted by Gasteiger charge is -2.21. The predicted octanol–water partition coefficient (Wildman–Crippen LogP) is 2.16. The van der Waals surface area contributed by atoms with Crippen LogP contribution < -0.4 is 5.32 Å². The highest BCUT2D eigenvalue weighted by Crippen LogP contribution is 2.21. The molecule has 4 nitrogen and oxygen atoms in total. The minimum absolute atomic E-state index is 0.0702. The molecule has 0 radical (unpaired) electrons. The second-order valence-electron chi connectivity index (χ2n) is 5.40. The molecule has 1 N–H and O–H groups in total. The first-order chi connectivity index (χ1) is 8.45. The maximum Gasteiger partial charge on any atom is 0.233 e. The Labute approximate surface area is 111 Å². The average molecular weight is 253 g/mol. The average Bonchev–Trinajstić information content (AvgIpc) is 2.34. The van der Waals surface area contributed by atoms with Gasteiger partial charge in [0.25, 0.3) is 0 Å². The van der Waals surface area contributed by atoms with E-state index in [1.54, 1.807) is 7.05 Å². The van der Waals surface area contributed by atoms with Crippen LogP contribution >= 0.6 is 0 Å². The van der Waals surface area contributed by atoms with Crippen LogP contribution in [0.4, 0.5) is 0 Å². The zero-order chi connectivity index (χ0) is 14.0. The zero-order valence-corrected chi connectivity index (χ0v) is 12.3. The zero-order valence-electron chi connectivity index (χ0n) is 12.3. The molecule has 0 aliphatic rings. The molecule has 104 valence electrons. The van der Waals surface area contributed by atoms with Gasteiger partial charge < -0.3 is 5.32 Å². The number of rotatable bonds is 9. The van der Waals surface area contributed by atoms with Gasteiger partial charge in [0.15, 0.2) is 0 Å². The monoisotopic (exact) mass is 253 g/mol. The van der Waals surface area contributed by atoms with E-state index in [9.17, 15) is 4.79 Å². The summed E-state index contributed by atoms with van der Waals surface area (Å²) in [7, 11) is 1.67. The van der Waals surface area contributed by atoms with Crippen LogP contribution in [0.1, 0.15) is 46.5 Å². The Kier molecular flexibility index (Phi) is 8.40. The molecule has 18 heavy (non-hydrogen) atoms. The van der Waals surface area contributed by atoms with Gasteiger partial charge in [-0.05, 0) is 46.2 Å². The summed E-state index contributed by atoms with van der Waals surface area (Å²) in [6, 6.07) is 2.32. The van der Waals surface area contributed by atoms with Crippen molar-refractivity contribution in [1.82, 2.24) is 10.2 Å². The van der Waals surface area contributed by atoms with Gasteiger partial charge in [0.2, 0.25) is 5.91 Å². The number of unbranched alkanes of at least 4 members (excludes halogenated alkanes) is 1. The Morgan fingerprint density at radius 3 is 2.50 bits per heavy atom. The number of hydrogen-bond donors (Lipinski definition) is 1. The number of nitrogens with one attached hydrogen (secondary N) is 1. The van der Waals surface area contributed by atoms with Crippen molar-refractivity contribution in [3.8, 4) is 6.07 Å². The first-order valence-corrected chi connectivity index (χ1v) is 6.79. The van der Waals surface area contributed by atoms with Crippen LogP contribution in [0, 0.1) is 16.7 Å². The van der Waals surface area contributed by atoms with Crippen LogP contribution in [0.25, 0.3) is 0 Å². The molecule has 4 heteroatoms. The molecule has 0 saturated carbocycles. The lowest BCUT2D eigenvalue weighted by Crippen LogP contribution is -2.36. The molecule has 0 atom stereocenters. The molecule has 0 unspecified atom stereocenters. The minimum atomic E-state index is -0.226. The first kappa shape index (κ1) is 16.9. The molecule has 0 aliphatic heterocycles. The summed E-state index contributed by atoms with van der Waals surface area (Å²) in [6.45, 7) is 8.43. The van der Waals surface area contributed by atoms with Crippen molar-refractivity contribution in [2.45, 2.75) is 46.5 Å². The van der Waals surface area contributed by atoms with E-state index in [1.807, 2.05) is 13.8 Å². The Morgan fingerprint density at radius 2 is 2.00 bits per heavy atom. The summed E-state index contributed by atoms with van der Waals surface area (Å²) < 4.78 is 0. The van der Waals surface area contributed by atoms with Crippen molar-refractivity contribution in [2.75, 3.05) is 26.7 Å². The maximum atomic E-state index is 11.3. The van der Waals surface area contributed by atoms with Crippen LogP contribution in [0.3, 0.4) is 0 Å². The predicted molar refractivity (Wildman–Crippen MR) is 74.0 cm³/mol. The van der Waals surface area contributed by atoms with Gasteiger partial charge in [-0.15, -0.1) is 0 Å². The summed E-state index contributed by atoms with van der Waals surface area (Å²) in [5.74, 6) is 0.0702. The first-order valence-electron chi connectivity index (χ1n) is 6.79. The maximum absolute atomic E-state index is 11.3. The second kappa shape index (κ2) is 8.93. The van der Waals surface area contributed by atoms with Crippen LogP contribution in [0.15, 0.2) is 0 Å². The van der Waals surface area contributed by atoms with Crippen LogP contribution in [0.2, 0.25) is 0 Å². The van der Waals surface area contributed by atoms with E-state index in [0.29, 0.717) is 6.54 Å². The Hall–Kier alpha value is -1.08. The van der Waals surface area contributed by atoms with Gasteiger partial charge >= 0.3 is 0 Å². The van der Waals surface area contributed by atoms with Crippen molar-refractivity contribution in [1.29, 1.82) is 5.26 Å². The van der Waals surface area contributed by atoms with Crippen molar-refractivity contribution < 1.29 is 4.79 Å². The van der Waals surface area contributed by atoms with Gasteiger partial charge in [-0.25, -0.2) is 0 Å². The van der Waals surface area contributed by atoms with Gasteiger partial charge in [-0.3, -0.25) is 9.69 Å². The number of nitrogens with zero attached hydrogens (tertiary/aromatic N) is 2. The van der Waals surface area contributed by atoms with Crippen molar-refractivity contribution >= 4 is 5.91 Å². The Morgan fingerprint density at radius 1 is 1.33 bits per heavy atom. The standard InChI is InChI=1S/C14H27N3O/c1-5-9-17(11-13(18)16-4)10-7-6-8-14(2,3)12-15/h5-11H2,1-4H3,(H,16,18). The normalized spacial score (nSPS) is 11.3. The fourth-order valence-corrected chi connectivity index (χ4v) is 1.83. The van der Waals surface area contributed by atoms with Crippen molar-refractivity contribution in [3.63, 3.8) is 0 Å². The van der Waals surface area contributed by atoms with Gasteiger partial charge in [0.05, 0.1) is 18.0 Å². The third kappa shape index (κ3) is 8.08.